The second-order valence-electron chi connectivity index (χ2n) is 5.50. The number of thiazole rings is 1. The lowest BCUT2D eigenvalue weighted by Crippen LogP contribution is -2.35. The van der Waals surface area contributed by atoms with Crippen molar-refractivity contribution >= 4 is 16.3 Å². The van der Waals surface area contributed by atoms with Gasteiger partial charge in [-0.25, -0.2) is 4.98 Å². The van der Waals surface area contributed by atoms with Crippen LogP contribution in [0, 0.1) is 0 Å². The first-order valence-electron chi connectivity index (χ1n) is 7.86. The van der Waals surface area contributed by atoms with Gasteiger partial charge in [-0.2, -0.15) is 0 Å². The van der Waals surface area contributed by atoms with E-state index in [4.69, 9.17) is 9.72 Å². The van der Waals surface area contributed by atoms with Gasteiger partial charge in [-0.05, 0) is 0 Å². The van der Waals surface area contributed by atoms with Crippen LogP contribution in [0.5, 0.6) is 0 Å². The first-order chi connectivity index (χ1) is 11.4. The van der Waals surface area contributed by atoms with Crippen molar-refractivity contribution in [3.05, 3.63) is 60.7 Å². The Hall–Kier alpha value is -2.17. The van der Waals surface area contributed by atoms with Crippen LogP contribution in [-0.4, -0.2) is 31.3 Å². The molecule has 3 nitrogen and oxygen atoms in total. The molecular weight excluding hydrogens is 304 g/mol. The summed E-state index contributed by atoms with van der Waals surface area (Å²) in [5.74, 6) is 0. The summed E-state index contributed by atoms with van der Waals surface area (Å²) in [6, 6.07) is 20.9. The second-order valence-corrected chi connectivity index (χ2v) is 6.48. The van der Waals surface area contributed by atoms with Crippen molar-refractivity contribution < 1.29 is 4.74 Å². The van der Waals surface area contributed by atoms with Crippen molar-refractivity contribution in [3.8, 4) is 21.8 Å². The SMILES string of the molecule is c1ccc(-c2nc(-c3ccccc3)c(N3CCOCC3)s2)cc1. The molecule has 0 saturated carbocycles. The molecule has 1 aliphatic rings. The van der Waals surface area contributed by atoms with Gasteiger partial charge in [0.1, 0.15) is 15.7 Å². The van der Waals surface area contributed by atoms with Crippen LogP contribution in [0.4, 0.5) is 5.00 Å². The lowest BCUT2D eigenvalue weighted by molar-refractivity contribution is 0.123. The smallest absolute Gasteiger partial charge is 0.126 e. The fraction of sp³-hybridized carbons (Fsp3) is 0.211. The number of rotatable bonds is 3. The standard InChI is InChI=1S/C19H18N2OS/c1-3-7-15(8-4-1)17-19(21-11-13-22-14-12-21)23-18(20-17)16-9-5-2-6-10-16/h1-10H,11-14H2. The van der Waals surface area contributed by atoms with E-state index in [-0.39, 0.29) is 0 Å². The van der Waals surface area contributed by atoms with E-state index in [0.29, 0.717) is 0 Å². The molecule has 0 atom stereocenters. The van der Waals surface area contributed by atoms with E-state index in [2.05, 4.69) is 53.4 Å². The fourth-order valence-electron chi connectivity index (χ4n) is 2.78. The molecule has 0 spiro atoms. The molecule has 0 radical (unpaired) electrons. The van der Waals surface area contributed by atoms with Crippen LogP contribution >= 0.6 is 11.3 Å². The number of anilines is 1. The largest absolute Gasteiger partial charge is 0.378 e. The van der Waals surface area contributed by atoms with Crippen LogP contribution in [0.3, 0.4) is 0 Å². The van der Waals surface area contributed by atoms with Gasteiger partial charge in [0.15, 0.2) is 0 Å². The maximum Gasteiger partial charge on any atom is 0.126 e. The Morgan fingerprint density at radius 1 is 0.826 bits per heavy atom. The summed E-state index contributed by atoms with van der Waals surface area (Å²) in [7, 11) is 0. The van der Waals surface area contributed by atoms with Gasteiger partial charge >= 0.3 is 0 Å². The van der Waals surface area contributed by atoms with Gasteiger partial charge in [0, 0.05) is 24.2 Å². The van der Waals surface area contributed by atoms with Crippen LogP contribution < -0.4 is 4.90 Å². The van der Waals surface area contributed by atoms with E-state index in [1.807, 2.05) is 12.1 Å². The minimum Gasteiger partial charge on any atom is -0.378 e. The van der Waals surface area contributed by atoms with Crippen molar-refractivity contribution in [2.45, 2.75) is 0 Å². The van der Waals surface area contributed by atoms with E-state index in [1.165, 1.54) is 16.1 Å². The van der Waals surface area contributed by atoms with Crippen molar-refractivity contribution in [1.29, 1.82) is 0 Å². The Bertz CT molecular complexity index is 765. The number of ether oxygens (including phenoxy) is 1. The van der Waals surface area contributed by atoms with Crippen molar-refractivity contribution in [2.24, 2.45) is 0 Å². The maximum atomic E-state index is 5.50. The molecule has 0 unspecified atom stereocenters. The van der Waals surface area contributed by atoms with Crippen LogP contribution in [-0.2, 0) is 4.74 Å². The number of hydrogen-bond donors (Lipinski definition) is 0. The molecule has 4 rings (SSSR count). The molecule has 2 aromatic carbocycles. The number of nitrogens with zero attached hydrogens (tertiary/aromatic N) is 2. The number of aromatic nitrogens is 1. The fourth-order valence-corrected chi connectivity index (χ4v) is 3.93. The average molecular weight is 322 g/mol. The van der Waals surface area contributed by atoms with Crippen molar-refractivity contribution in [3.63, 3.8) is 0 Å². The molecule has 1 aromatic heterocycles. The lowest BCUT2D eigenvalue weighted by atomic mass is 10.1. The summed E-state index contributed by atoms with van der Waals surface area (Å²) in [5, 5.41) is 2.32. The Morgan fingerprint density at radius 3 is 2.09 bits per heavy atom. The third kappa shape index (κ3) is 3.00. The zero-order valence-electron chi connectivity index (χ0n) is 12.8. The summed E-state index contributed by atoms with van der Waals surface area (Å²) in [5.41, 5.74) is 3.43. The third-order valence-electron chi connectivity index (χ3n) is 3.98. The summed E-state index contributed by atoms with van der Waals surface area (Å²) >= 11 is 1.77. The van der Waals surface area contributed by atoms with Gasteiger partial charge in [-0.3, -0.25) is 0 Å². The molecule has 3 aromatic rings. The quantitative estimate of drug-likeness (QED) is 0.718. The number of benzene rings is 2. The summed E-state index contributed by atoms with van der Waals surface area (Å²) < 4.78 is 5.50. The molecule has 0 amide bonds. The minimum atomic E-state index is 0.785. The average Bonchev–Trinajstić information content (AvgIpc) is 3.09. The molecule has 1 aliphatic heterocycles. The van der Waals surface area contributed by atoms with Gasteiger partial charge in [0.2, 0.25) is 0 Å². The summed E-state index contributed by atoms with van der Waals surface area (Å²) in [6.45, 7) is 3.42. The van der Waals surface area contributed by atoms with E-state index >= 15 is 0 Å². The third-order valence-corrected chi connectivity index (χ3v) is 5.14. The molecule has 1 fully saturated rings. The van der Waals surface area contributed by atoms with E-state index in [9.17, 15) is 0 Å². The van der Waals surface area contributed by atoms with E-state index in [0.717, 1.165) is 37.0 Å². The molecule has 1 saturated heterocycles. The molecular formula is C19H18N2OS. The van der Waals surface area contributed by atoms with Crippen molar-refractivity contribution in [1.82, 2.24) is 4.98 Å². The Kier molecular flexibility index (Phi) is 4.09. The van der Waals surface area contributed by atoms with Crippen molar-refractivity contribution in [2.75, 3.05) is 31.2 Å². The molecule has 116 valence electrons. The minimum absolute atomic E-state index is 0.785. The Labute approximate surface area is 140 Å². The van der Waals surface area contributed by atoms with Crippen LogP contribution in [0.15, 0.2) is 60.7 Å². The molecule has 0 bridgehead atoms. The molecule has 0 aliphatic carbocycles. The Balaban J connectivity index is 1.80. The molecule has 0 N–H and O–H groups in total. The molecule has 4 heteroatoms. The highest BCUT2D eigenvalue weighted by atomic mass is 32.1. The van der Waals surface area contributed by atoms with Gasteiger partial charge in [-0.1, -0.05) is 72.0 Å². The zero-order chi connectivity index (χ0) is 15.5. The predicted molar refractivity (Wildman–Crippen MR) is 96.0 cm³/mol. The first kappa shape index (κ1) is 14.4. The highest BCUT2D eigenvalue weighted by molar-refractivity contribution is 7.19. The number of hydrogen-bond acceptors (Lipinski definition) is 4. The van der Waals surface area contributed by atoms with Crippen LogP contribution in [0.1, 0.15) is 0 Å². The van der Waals surface area contributed by atoms with Gasteiger partial charge in [0.05, 0.1) is 13.2 Å². The number of morpholine rings is 1. The van der Waals surface area contributed by atoms with E-state index < -0.39 is 0 Å². The monoisotopic (exact) mass is 322 g/mol. The topological polar surface area (TPSA) is 25.4 Å². The zero-order valence-corrected chi connectivity index (χ0v) is 13.6. The lowest BCUT2D eigenvalue weighted by Gasteiger charge is -2.28. The van der Waals surface area contributed by atoms with Crippen LogP contribution in [0.2, 0.25) is 0 Å². The van der Waals surface area contributed by atoms with Gasteiger partial charge < -0.3 is 9.64 Å². The predicted octanol–water partition coefficient (Wildman–Crippen LogP) is 4.31. The van der Waals surface area contributed by atoms with Gasteiger partial charge in [-0.15, -0.1) is 0 Å². The normalized spacial score (nSPS) is 14.9. The van der Waals surface area contributed by atoms with E-state index in [1.54, 1.807) is 11.3 Å². The highest BCUT2D eigenvalue weighted by Gasteiger charge is 2.21. The maximum absolute atomic E-state index is 5.50. The highest BCUT2D eigenvalue weighted by Crippen LogP contribution is 2.40. The first-order valence-corrected chi connectivity index (χ1v) is 8.68. The summed E-state index contributed by atoms with van der Waals surface area (Å²) in [4.78, 5) is 7.36. The second kappa shape index (κ2) is 6.52. The van der Waals surface area contributed by atoms with Gasteiger partial charge in [0.25, 0.3) is 0 Å². The molecule has 23 heavy (non-hydrogen) atoms. The Morgan fingerprint density at radius 2 is 1.43 bits per heavy atom. The summed E-state index contributed by atoms with van der Waals surface area (Å²) in [6.07, 6.45) is 0. The molecule has 2 heterocycles. The van der Waals surface area contributed by atoms with Crippen LogP contribution in [0.25, 0.3) is 21.8 Å².